The maximum Gasteiger partial charge on any atom is 0.348 e. The molecule has 1 heterocycles. The molecular weight excluding hydrogens is 316 g/mol. The summed E-state index contributed by atoms with van der Waals surface area (Å²) in [5.41, 5.74) is 6.21. The van der Waals surface area contributed by atoms with Crippen molar-refractivity contribution in [1.82, 2.24) is 9.55 Å². The van der Waals surface area contributed by atoms with Crippen LogP contribution in [-0.4, -0.2) is 14.5 Å². The van der Waals surface area contributed by atoms with Crippen molar-refractivity contribution < 1.29 is 4.92 Å². The van der Waals surface area contributed by atoms with E-state index in [0.29, 0.717) is 10.2 Å². The van der Waals surface area contributed by atoms with Gasteiger partial charge in [-0.05, 0) is 27.6 Å². The molecule has 7 nitrogen and oxygen atoms in total. The number of nitrogens with two attached hydrogens (primary N) is 1. The second kappa shape index (κ2) is 5.19. The van der Waals surface area contributed by atoms with Crippen LogP contribution in [0.15, 0.2) is 39.9 Å². The van der Waals surface area contributed by atoms with Crippen molar-refractivity contribution in [3.63, 3.8) is 0 Å². The lowest BCUT2D eigenvalue weighted by atomic mass is 10.2. The minimum absolute atomic E-state index is 0.152. The average Bonchev–Trinajstić information content (AvgIpc) is 2.37. The Labute approximate surface area is 116 Å². The maximum atomic E-state index is 11.6. The molecule has 0 spiro atoms. The molecule has 2 rings (SSSR count). The first-order chi connectivity index (χ1) is 8.99. The van der Waals surface area contributed by atoms with Crippen molar-refractivity contribution in [2.24, 2.45) is 0 Å². The van der Waals surface area contributed by atoms with E-state index in [1.54, 1.807) is 18.2 Å². The van der Waals surface area contributed by atoms with Gasteiger partial charge in [0, 0.05) is 10.2 Å². The van der Waals surface area contributed by atoms with Crippen molar-refractivity contribution >= 4 is 27.3 Å². The summed E-state index contributed by atoms with van der Waals surface area (Å²) in [5, 5.41) is 10.7. The number of hydrogen-bond donors (Lipinski definition) is 1. The zero-order valence-corrected chi connectivity index (χ0v) is 11.2. The Morgan fingerprint density at radius 2 is 2.21 bits per heavy atom. The van der Waals surface area contributed by atoms with Gasteiger partial charge in [-0.1, -0.05) is 12.1 Å². The van der Waals surface area contributed by atoms with E-state index >= 15 is 0 Å². The van der Waals surface area contributed by atoms with Crippen LogP contribution >= 0.6 is 15.9 Å². The molecule has 1 aromatic carbocycles. The SMILES string of the molecule is Nc1cccc(Cn2cc([N+](=O)[O-])cnc2=O)c1Br. The maximum absolute atomic E-state index is 11.6. The third kappa shape index (κ3) is 2.79. The summed E-state index contributed by atoms with van der Waals surface area (Å²) in [6.45, 7) is 0.152. The highest BCUT2D eigenvalue weighted by atomic mass is 79.9. The number of nitro groups is 1. The molecule has 19 heavy (non-hydrogen) atoms. The number of anilines is 1. The predicted octanol–water partition coefficient (Wildman–Crippen LogP) is 1.54. The molecule has 0 radical (unpaired) electrons. The van der Waals surface area contributed by atoms with Gasteiger partial charge in [0.1, 0.15) is 6.20 Å². The second-order valence-corrected chi connectivity index (χ2v) is 4.59. The number of aromatic nitrogens is 2. The Morgan fingerprint density at radius 1 is 1.47 bits per heavy atom. The zero-order valence-electron chi connectivity index (χ0n) is 9.62. The molecule has 0 unspecified atom stereocenters. The van der Waals surface area contributed by atoms with Gasteiger partial charge in [-0.15, -0.1) is 0 Å². The van der Waals surface area contributed by atoms with Gasteiger partial charge in [0.15, 0.2) is 0 Å². The van der Waals surface area contributed by atoms with Gasteiger partial charge in [0.05, 0.1) is 17.7 Å². The number of hydrogen-bond acceptors (Lipinski definition) is 5. The van der Waals surface area contributed by atoms with Gasteiger partial charge >= 0.3 is 11.4 Å². The van der Waals surface area contributed by atoms with E-state index in [0.717, 1.165) is 22.5 Å². The first-order valence-corrected chi connectivity index (χ1v) is 6.02. The first kappa shape index (κ1) is 13.2. The summed E-state index contributed by atoms with van der Waals surface area (Å²) in [4.78, 5) is 25.1. The number of nitrogens with zero attached hydrogens (tertiary/aromatic N) is 3. The molecular formula is C11H9BrN4O3. The van der Waals surface area contributed by atoms with E-state index < -0.39 is 10.6 Å². The Balaban J connectivity index is 2.43. The van der Waals surface area contributed by atoms with Crippen LogP contribution in [0, 0.1) is 10.1 Å². The fraction of sp³-hybridized carbons (Fsp3) is 0.0909. The van der Waals surface area contributed by atoms with Crippen LogP contribution in [0.4, 0.5) is 11.4 Å². The van der Waals surface area contributed by atoms with Gasteiger partial charge in [-0.3, -0.25) is 14.7 Å². The van der Waals surface area contributed by atoms with Crippen LogP contribution in [0.1, 0.15) is 5.56 Å². The first-order valence-electron chi connectivity index (χ1n) is 5.23. The van der Waals surface area contributed by atoms with Gasteiger partial charge in [-0.2, -0.15) is 4.98 Å². The molecule has 0 aliphatic carbocycles. The molecule has 0 atom stereocenters. The lowest BCUT2D eigenvalue weighted by molar-refractivity contribution is -0.385. The van der Waals surface area contributed by atoms with E-state index in [-0.39, 0.29) is 12.2 Å². The standard InChI is InChI=1S/C11H9BrN4O3/c12-10-7(2-1-3-9(10)13)5-15-6-8(16(18)19)4-14-11(15)17/h1-4,6H,5,13H2. The molecule has 8 heteroatoms. The highest BCUT2D eigenvalue weighted by molar-refractivity contribution is 9.10. The van der Waals surface area contributed by atoms with Crippen LogP contribution < -0.4 is 11.4 Å². The van der Waals surface area contributed by atoms with E-state index in [2.05, 4.69) is 20.9 Å². The summed E-state index contributed by atoms with van der Waals surface area (Å²) in [5.74, 6) is 0. The Kier molecular flexibility index (Phi) is 3.61. The molecule has 2 N–H and O–H groups in total. The fourth-order valence-electron chi connectivity index (χ4n) is 1.56. The Bertz CT molecular complexity index is 699. The van der Waals surface area contributed by atoms with Crippen LogP contribution in [0.5, 0.6) is 0 Å². The summed E-state index contributed by atoms with van der Waals surface area (Å²) in [6, 6.07) is 5.22. The fourth-order valence-corrected chi connectivity index (χ4v) is 1.95. The van der Waals surface area contributed by atoms with Crippen LogP contribution in [0.3, 0.4) is 0 Å². The van der Waals surface area contributed by atoms with E-state index in [1.807, 2.05) is 0 Å². The minimum atomic E-state index is -0.600. The van der Waals surface area contributed by atoms with Gasteiger partial charge in [0.25, 0.3) is 0 Å². The summed E-state index contributed by atoms with van der Waals surface area (Å²) in [7, 11) is 0. The van der Waals surface area contributed by atoms with Gasteiger partial charge in [0.2, 0.25) is 0 Å². The lowest BCUT2D eigenvalue weighted by Gasteiger charge is -2.08. The van der Waals surface area contributed by atoms with Crippen LogP contribution in [0.2, 0.25) is 0 Å². The lowest BCUT2D eigenvalue weighted by Crippen LogP contribution is -2.23. The Hall–Kier alpha value is -2.22. The molecule has 0 amide bonds. The molecule has 0 fully saturated rings. The molecule has 0 saturated heterocycles. The molecule has 1 aromatic heterocycles. The van der Waals surface area contributed by atoms with E-state index in [1.165, 1.54) is 0 Å². The summed E-state index contributed by atoms with van der Waals surface area (Å²) < 4.78 is 1.82. The molecule has 0 saturated carbocycles. The number of rotatable bonds is 3. The summed E-state index contributed by atoms with van der Waals surface area (Å²) >= 11 is 3.32. The largest absolute Gasteiger partial charge is 0.398 e. The van der Waals surface area contributed by atoms with Crippen molar-refractivity contribution in [3.8, 4) is 0 Å². The highest BCUT2D eigenvalue weighted by Crippen LogP contribution is 2.24. The average molecular weight is 325 g/mol. The molecule has 0 aliphatic heterocycles. The molecule has 0 aliphatic rings. The predicted molar refractivity (Wildman–Crippen MR) is 72.8 cm³/mol. The van der Waals surface area contributed by atoms with E-state index in [9.17, 15) is 14.9 Å². The number of nitrogen functional groups attached to an aromatic ring is 1. The smallest absolute Gasteiger partial charge is 0.348 e. The normalized spacial score (nSPS) is 10.4. The van der Waals surface area contributed by atoms with E-state index in [4.69, 9.17) is 5.73 Å². The minimum Gasteiger partial charge on any atom is -0.398 e. The second-order valence-electron chi connectivity index (χ2n) is 3.80. The molecule has 98 valence electrons. The number of benzene rings is 1. The quantitative estimate of drug-likeness (QED) is 0.524. The van der Waals surface area contributed by atoms with Crippen molar-refractivity contribution in [3.05, 3.63) is 61.2 Å². The van der Waals surface area contributed by atoms with Crippen LogP contribution in [0.25, 0.3) is 0 Å². The topological polar surface area (TPSA) is 104 Å². The van der Waals surface area contributed by atoms with Crippen molar-refractivity contribution in [1.29, 1.82) is 0 Å². The van der Waals surface area contributed by atoms with Crippen molar-refractivity contribution in [2.45, 2.75) is 6.54 Å². The van der Waals surface area contributed by atoms with Crippen LogP contribution in [-0.2, 0) is 6.54 Å². The van der Waals surface area contributed by atoms with Gasteiger partial charge in [-0.25, -0.2) is 4.79 Å². The monoisotopic (exact) mass is 324 g/mol. The Morgan fingerprint density at radius 3 is 2.89 bits per heavy atom. The van der Waals surface area contributed by atoms with Crippen molar-refractivity contribution in [2.75, 3.05) is 5.73 Å². The number of halogens is 1. The molecule has 2 aromatic rings. The summed E-state index contributed by atoms with van der Waals surface area (Å²) in [6.07, 6.45) is 2.10. The van der Waals surface area contributed by atoms with Gasteiger partial charge < -0.3 is 5.73 Å². The zero-order chi connectivity index (χ0) is 14.0. The third-order valence-corrected chi connectivity index (χ3v) is 3.47. The highest BCUT2D eigenvalue weighted by Gasteiger charge is 2.11. The molecule has 0 bridgehead atoms. The third-order valence-electron chi connectivity index (χ3n) is 2.50.